The van der Waals surface area contributed by atoms with Gasteiger partial charge in [0.25, 0.3) is 0 Å². The summed E-state index contributed by atoms with van der Waals surface area (Å²) in [4.78, 5) is 7.14. The van der Waals surface area contributed by atoms with E-state index in [9.17, 15) is 0 Å². The van der Waals surface area contributed by atoms with E-state index >= 15 is 0 Å². The maximum absolute atomic E-state index is 6.23. The zero-order valence-corrected chi connectivity index (χ0v) is 27.3. The van der Waals surface area contributed by atoms with Crippen LogP contribution in [0.15, 0.2) is 162 Å². The third-order valence-electron chi connectivity index (χ3n) is 9.09. The monoisotopic (exact) mass is 650 g/mol. The summed E-state index contributed by atoms with van der Waals surface area (Å²) < 4.78 is 11.3. The van der Waals surface area contributed by atoms with Crippen LogP contribution in [0.2, 0.25) is 0 Å². The highest BCUT2D eigenvalue weighted by Gasteiger charge is 2.16. The Morgan fingerprint density at radius 1 is 0.417 bits per heavy atom. The van der Waals surface area contributed by atoms with Crippen molar-refractivity contribution in [3.05, 3.63) is 158 Å². The van der Waals surface area contributed by atoms with Crippen molar-refractivity contribution in [3.8, 4) is 22.6 Å². The smallest absolute Gasteiger partial charge is 0.227 e. The Labute approximate surface area is 284 Å². The molecule has 0 spiro atoms. The highest BCUT2D eigenvalue weighted by Crippen LogP contribution is 2.42. The van der Waals surface area contributed by atoms with Gasteiger partial charge in [0.1, 0.15) is 5.52 Å². The molecule has 3 heterocycles. The van der Waals surface area contributed by atoms with Crippen LogP contribution in [0.25, 0.3) is 74.0 Å². The van der Waals surface area contributed by atoms with Crippen molar-refractivity contribution >= 4 is 91.2 Å². The predicted molar refractivity (Wildman–Crippen MR) is 205 cm³/mol. The number of hydrogen-bond donors (Lipinski definition) is 0. The minimum atomic E-state index is 0.654. The van der Waals surface area contributed by atoms with Crippen molar-refractivity contribution < 1.29 is 4.42 Å². The van der Waals surface area contributed by atoms with Crippen LogP contribution in [-0.4, -0.2) is 4.98 Å². The first kappa shape index (κ1) is 27.4. The number of rotatable bonds is 5. The summed E-state index contributed by atoms with van der Waals surface area (Å²) in [6.07, 6.45) is 0. The lowest BCUT2D eigenvalue weighted by Crippen LogP contribution is -2.09. The average molecular weight is 651 g/mol. The van der Waals surface area contributed by atoms with E-state index in [0.717, 1.165) is 33.7 Å². The van der Waals surface area contributed by atoms with Crippen LogP contribution in [0.5, 0.6) is 0 Å². The minimum absolute atomic E-state index is 0.654. The van der Waals surface area contributed by atoms with E-state index in [1.807, 2.05) is 41.7 Å². The van der Waals surface area contributed by atoms with E-state index in [4.69, 9.17) is 9.40 Å². The Bertz CT molecular complexity index is 2780. The summed E-state index contributed by atoms with van der Waals surface area (Å²) in [6.45, 7) is 0. The molecule has 0 radical (unpaired) electrons. The molecule has 226 valence electrons. The van der Waals surface area contributed by atoms with E-state index in [0.29, 0.717) is 5.89 Å². The molecule has 0 fully saturated rings. The first-order valence-corrected chi connectivity index (χ1v) is 17.6. The standard InChI is InChI=1S/C43H26N2OS2/c1-3-9-28(10-4-1)43-44-37-26-42-36(25-38(37)46-43)34-23-29(17-21-40(34)48-42)27-15-18-31(19-16-27)45(30-11-5-2-6-12-30)32-20-22-41-35(24-32)33-13-7-8-14-39(33)47-41/h1-26H. The quantitative estimate of drug-likeness (QED) is 0.186. The van der Waals surface area contributed by atoms with Gasteiger partial charge in [-0.2, -0.15) is 0 Å². The van der Waals surface area contributed by atoms with Gasteiger partial charge in [-0.3, -0.25) is 0 Å². The molecular formula is C43H26N2OS2. The molecule has 10 aromatic rings. The topological polar surface area (TPSA) is 29.3 Å². The lowest BCUT2D eigenvalue weighted by molar-refractivity contribution is 0.620. The van der Waals surface area contributed by atoms with E-state index in [-0.39, 0.29) is 0 Å². The summed E-state index contributed by atoms with van der Waals surface area (Å²) in [6, 6.07) is 56.3. The first-order chi connectivity index (χ1) is 23.7. The summed E-state index contributed by atoms with van der Waals surface area (Å²) in [5.74, 6) is 0.654. The maximum Gasteiger partial charge on any atom is 0.227 e. The molecule has 3 nitrogen and oxygen atoms in total. The number of fused-ring (bicyclic) bond motifs is 7. The molecule has 0 N–H and O–H groups in total. The summed E-state index contributed by atoms with van der Waals surface area (Å²) in [5.41, 5.74) is 8.44. The molecule has 48 heavy (non-hydrogen) atoms. The fourth-order valence-corrected chi connectivity index (χ4v) is 8.95. The molecule has 0 amide bonds. The normalized spacial score (nSPS) is 11.8. The Kier molecular flexibility index (Phi) is 6.22. The number of thiophene rings is 2. The van der Waals surface area contributed by atoms with Crippen molar-refractivity contribution in [1.29, 1.82) is 0 Å². The second-order valence-electron chi connectivity index (χ2n) is 12.0. The van der Waals surface area contributed by atoms with E-state index in [1.165, 1.54) is 51.5 Å². The average Bonchev–Trinajstić information content (AvgIpc) is 3.84. The number of benzene rings is 7. The Balaban J connectivity index is 1.04. The fraction of sp³-hybridized carbons (Fsp3) is 0. The number of nitrogens with zero attached hydrogens (tertiary/aromatic N) is 2. The van der Waals surface area contributed by atoms with Gasteiger partial charge in [-0.1, -0.05) is 72.8 Å². The molecule has 0 saturated carbocycles. The van der Waals surface area contributed by atoms with Crippen LogP contribution in [0.4, 0.5) is 17.1 Å². The molecule has 3 aromatic heterocycles. The van der Waals surface area contributed by atoms with Crippen molar-refractivity contribution in [2.75, 3.05) is 4.90 Å². The summed E-state index contributed by atoms with van der Waals surface area (Å²) in [7, 11) is 0. The van der Waals surface area contributed by atoms with Crippen molar-refractivity contribution in [3.63, 3.8) is 0 Å². The third kappa shape index (κ3) is 4.51. The maximum atomic E-state index is 6.23. The lowest BCUT2D eigenvalue weighted by atomic mass is 10.0. The van der Waals surface area contributed by atoms with Crippen LogP contribution >= 0.6 is 22.7 Å². The third-order valence-corrected chi connectivity index (χ3v) is 11.4. The molecule has 10 rings (SSSR count). The van der Waals surface area contributed by atoms with Crippen molar-refractivity contribution in [1.82, 2.24) is 4.98 Å². The van der Waals surface area contributed by atoms with Gasteiger partial charge < -0.3 is 9.32 Å². The Hall–Kier alpha value is -5.75. The van der Waals surface area contributed by atoms with Crippen LogP contribution in [0.3, 0.4) is 0 Å². The largest absolute Gasteiger partial charge is 0.436 e. The van der Waals surface area contributed by atoms with Gasteiger partial charge in [-0.15, -0.1) is 22.7 Å². The molecule has 0 saturated heterocycles. The minimum Gasteiger partial charge on any atom is -0.436 e. The predicted octanol–water partition coefficient (Wildman–Crippen LogP) is 13.4. The van der Waals surface area contributed by atoms with Gasteiger partial charge >= 0.3 is 0 Å². The van der Waals surface area contributed by atoms with Crippen LogP contribution < -0.4 is 4.90 Å². The first-order valence-electron chi connectivity index (χ1n) is 15.9. The molecular weight excluding hydrogens is 625 g/mol. The SMILES string of the molecule is c1ccc(-c2nc3cc4sc5ccc(-c6ccc(N(c7ccccc7)c7ccc8sc9ccccc9c8c7)cc6)cc5c4cc3o2)cc1. The number of para-hydroxylation sites is 1. The van der Waals surface area contributed by atoms with Gasteiger partial charge in [0, 0.05) is 63.0 Å². The van der Waals surface area contributed by atoms with E-state index in [1.54, 1.807) is 11.3 Å². The molecule has 0 unspecified atom stereocenters. The number of anilines is 3. The number of oxazole rings is 1. The van der Waals surface area contributed by atoms with Crippen molar-refractivity contribution in [2.24, 2.45) is 0 Å². The zero-order valence-electron chi connectivity index (χ0n) is 25.6. The number of aromatic nitrogens is 1. The summed E-state index contributed by atoms with van der Waals surface area (Å²) in [5, 5.41) is 5.03. The molecule has 0 aliphatic heterocycles. The molecule has 0 aliphatic rings. The fourth-order valence-electron chi connectivity index (χ4n) is 6.76. The van der Waals surface area contributed by atoms with Gasteiger partial charge in [0.15, 0.2) is 5.58 Å². The van der Waals surface area contributed by atoms with Crippen LogP contribution in [-0.2, 0) is 0 Å². The molecule has 0 bridgehead atoms. The Morgan fingerprint density at radius 3 is 1.85 bits per heavy atom. The van der Waals surface area contributed by atoms with E-state index in [2.05, 4.69) is 132 Å². The summed E-state index contributed by atoms with van der Waals surface area (Å²) >= 11 is 3.65. The van der Waals surface area contributed by atoms with Gasteiger partial charge in [0.2, 0.25) is 5.89 Å². The second-order valence-corrected chi connectivity index (χ2v) is 14.2. The van der Waals surface area contributed by atoms with Gasteiger partial charge in [0.05, 0.1) is 0 Å². The highest BCUT2D eigenvalue weighted by molar-refractivity contribution is 7.26. The van der Waals surface area contributed by atoms with Crippen LogP contribution in [0.1, 0.15) is 0 Å². The molecule has 0 atom stereocenters. The van der Waals surface area contributed by atoms with Gasteiger partial charge in [-0.25, -0.2) is 4.98 Å². The van der Waals surface area contributed by atoms with E-state index < -0.39 is 0 Å². The molecule has 7 aromatic carbocycles. The Morgan fingerprint density at radius 2 is 1.02 bits per heavy atom. The van der Waals surface area contributed by atoms with Crippen molar-refractivity contribution in [2.45, 2.75) is 0 Å². The second kappa shape index (κ2) is 10.9. The van der Waals surface area contributed by atoms with Gasteiger partial charge in [-0.05, 0) is 96.1 Å². The van der Waals surface area contributed by atoms with Crippen LogP contribution in [0, 0.1) is 0 Å². The molecule has 0 aliphatic carbocycles. The zero-order chi connectivity index (χ0) is 31.6. The number of hydrogen-bond acceptors (Lipinski definition) is 5. The molecule has 5 heteroatoms. The highest BCUT2D eigenvalue weighted by atomic mass is 32.1. The lowest BCUT2D eigenvalue weighted by Gasteiger charge is -2.26.